The number of thiophene rings is 1. The van der Waals surface area contributed by atoms with Gasteiger partial charge in [-0.05, 0) is 37.3 Å². The van der Waals surface area contributed by atoms with E-state index in [1.165, 1.54) is 58.3 Å². The fraction of sp³-hybridized carbons (Fsp3) is 0.750. The van der Waals surface area contributed by atoms with Crippen LogP contribution in [0, 0.1) is 0 Å². The third-order valence-corrected chi connectivity index (χ3v) is 5.72. The minimum absolute atomic E-state index is 0.675. The highest BCUT2D eigenvalue weighted by molar-refractivity contribution is 7.10. The number of piperidine rings is 1. The fourth-order valence-corrected chi connectivity index (χ4v) is 4.62. The van der Waals surface area contributed by atoms with E-state index in [2.05, 4.69) is 34.2 Å². The van der Waals surface area contributed by atoms with Gasteiger partial charge in [-0.2, -0.15) is 0 Å². The molecule has 0 aliphatic carbocycles. The summed E-state index contributed by atoms with van der Waals surface area (Å²) < 4.78 is 0. The number of nitrogens with zero attached hydrogens (tertiary/aromatic N) is 2. The maximum atomic E-state index is 2.77. The summed E-state index contributed by atoms with van der Waals surface area (Å²) in [5, 5.41) is 2.23. The summed E-state index contributed by atoms with van der Waals surface area (Å²) in [4.78, 5) is 7.07. The van der Waals surface area contributed by atoms with Crippen molar-refractivity contribution in [1.82, 2.24) is 9.80 Å². The highest BCUT2D eigenvalue weighted by Crippen LogP contribution is 2.32. The van der Waals surface area contributed by atoms with Crippen LogP contribution in [-0.2, 0) is 0 Å². The summed E-state index contributed by atoms with van der Waals surface area (Å²) in [6.45, 7) is 7.51. The summed E-state index contributed by atoms with van der Waals surface area (Å²) in [5.74, 6) is 0. The summed E-state index contributed by atoms with van der Waals surface area (Å²) in [5.41, 5.74) is 0. The second-order valence-corrected chi connectivity index (χ2v) is 6.98. The van der Waals surface area contributed by atoms with Gasteiger partial charge in [0, 0.05) is 36.6 Å². The molecule has 3 heterocycles. The van der Waals surface area contributed by atoms with Gasteiger partial charge in [-0.1, -0.05) is 25.8 Å². The minimum atomic E-state index is 0.675. The lowest BCUT2D eigenvalue weighted by Crippen LogP contribution is -2.55. The lowest BCUT2D eigenvalue weighted by atomic mass is 9.97. The van der Waals surface area contributed by atoms with Gasteiger partial charge < -0.3 is 0 Å². The molecule has 3 rings (SSSR count). The van der Waals surface area contributed by atoms with Gasteiger partial charge in [0.05, 0.1) is 0 Å². The van der Waals surface area contributed by atoms with Crippen molar-refractivity contribution in [2.45, 2.75) is 51.1 Å². The second-order valence-electron chi connectivity index (χ2n) is 6.00. The van der Waals surface area contributed by atoms with Crippen LogP contribution in [0.5, 0.6) is 0 Å². The van der Waals surface area contributed by atoms with Crippen LogP contribution in [0.2, 0.25) is 0 Å². The average Bonchev–Trinajstić information content (AvgIpc) is 2.98. The lowest BCUT2D eigenvalue weighted by molar-refractivity contribution is 0.0254. The molecule has 3 heteroatoms. The zero-order valence-corrected chi connectivity index (χ0v) is 12.9. The molecule has 2 fully saturated rings. The molecule has 2 atom stereocenters. The number of hydrogen-bond donors (Lipinski definition) is 0. The molecule has 2 aliphatic heterocycles. The van der Waals surface area contributed by atoms with Crippen LogP contribution in [0.1, 0.15) is 49.9 Å². The molecule has 2 saturated heterocycles. The van der Waals surface area contributed by atoms with Crippen LogP contribution in [0.3, 0.4) is 0 Å². The van der Waals surface area contributed by atoms with Crippen molar-refractivity contribution in [3.8, 4) is 0 Å². The lowest BCUT2D eigenvalue weighted by Gasteiger charge is -2.46. The van der Waals surface area contributed by atoms with Crippen LogP contribution >= 0.6 is 11.3 Å². The zero-order chi connectivity index (χ0) is 13.1. The Kier molecular flexibility index (Phi) is 4.57. The Labute approximate surface area is 121 Å². The van der Waals surface area contributed by atoms with Crippen molar-refractivity contribution in [2.75, 3.05) is 26.2 Å². The first-order chi connectivity index (χ1) is 9.38. The molecule has 1 aromatic heterocycles. The molecule has 0 amide bonds. The maximum Gasteiger partial charge on any atom is 0.0442 e. The predicted molar refractivity (Wildman–Crippen MR) is 82.8 cm³/mol. The third-order valence-electron chi connectivity index (χ3n) is 4.74. The van der Waals surface area contributed by atoms with Gasteiger partial charge in [0.25, 0.3) is 0 Å². The van der Waals surface area contributed by atoms with Gasteiger partial charge in [-0.25, -0.2) is 0 Å². The molecule has 0 aromatic carbocycles. The summed E-state index contributed by atoms with van der Waals surface area (Å²) >= 11 is 1.94. The van der Waals surface area contributed by atoms with Crippen LogP contribution in [0.15, 0.2) is 17.5 Å². The maximum absolute atomic E-state index is 2.77. The number of hydrogen-bond acceptors (Lipinski definition) is 3. The Morgan fingerprint density at radius 3 is 3.05 bits per heavy atom. The number of fused-ring (bicyclic) bond motifs is 1. The third kappa shape index (κ3) is 3.04. The fourth-order valence-electron chi connectivity index (χ4n) is 3.72. The highest BCUT2D eigenvalue weighted by Gasteiger charge is 2.32. The predicted octanol–water partition coefficient (Wildman–Crippen LogP) is 3.76. The van der Waals surface area contributed by atoms with E-state index >= 15 is 0 Å². The van der Waals surface area contributed by atoms with Gasteiger partial charge in [-0.3, -0.25) is 9.80 Å². The molecule has 106 valence electrons. The molecule has 0 radical (unpaired) electrons. The van der Waals surface area contributed by atoms with Gasteiger partial charge >= 0.3 is 0 Å². The normalized spacial score (nSPS) is 27.1. The summed E-state index contributed by atoms with van der Waals surface area (Å²) in [6, 6.07) is 6.05. The molecule has 1 aromatic rings. The van der Waals surface area contributed by atoms with Crippen molar-refractivity contribution in [3.63, 3.8) is 0 Å². The molecule has 2 aliphatic rings. The molecule has 0 saturated carbocycles. The summed E-state index contributed by atoms with van der Waals surface area (Å²) in [6.07, 6.45) is 6.87. The van der Waals surface area contributed by atoms with E-state index in [4.69, 9.17) is 0 Å². The Morgan fingerprint density at radius 2 is 2.26 bits per heavy atom. The molecule has 2 nitrogen and oxygen atoms in total. The van der Waals surface area contributed by atoms with E-state index in [0.29, 0.717) is 6.04 Å². The van der Waals surface area contributed by atoms with Crippen molar-refractivity contribution in [2.24, 2.45) is 0 Å². The smallest absolute Gasteiger partial charge is 0.0442 e. The Balaban J connectivity index is 1.69. The molecular formula is C16H26N2S. The van der Waals surface area contributed by atoms with E-state index in [-0.39, 0.29) is 0 Å². The number of rotatable bonds is 4. The van der Waals surface area contributed by atoms with Crippen LogP contribution in [0.4, 0.5) is 0 Å². The Hall–Kier alpha value is -0.380. The van der Waals surface area contributed by atoms with E-state index in [1.54, 1.807) is 4.88 Å². The topological polar surface area (TPSA) is 6.48 Å². The van der Waals surface area contributed by atoms with Gasteiger partial charge in [0.15, 0.2) is 0 Å². The first kappa shape index (κ1) is 13.6. The Morgan fingerprint density at radius 1 is 1.32 bits per heavy atom. The van der Waals surface area contributed by atoms with Crippen molar-refractivity contribution < 1.29 is 0 Å². The zero-order valence-electron chi connectivity index (χ0n) is 12.1. The average molecular weight is 278 g/mol. The highest BCUT2D eigenvalue weighted by atomic mass is 32.1. The molecule has 0 N–H and O–H groups in total. The van der Waals surface area contributed by atoms with E-state index in [0.717, 1.165) is 6.04 Å². The van der Waals surface area contributed by atoms with Gasteiger partial charge in [0.2, 0.25) is 0 Å². The van der Waals surface area contributed by atoms with Crippen LogP contribution in [0.25, 0.3) is 0 Å². The van der Waals surface area contributed by atoms with E-state index in [9.17, 15) is 0 Å². The quantitative estimate of drug-likeness (QED) is 0.827. The number of piperazine rings is 1. The largest absolute Gasteiger partial charge is 0.298 e. The van der Waals surface area contributed by atoms with Crippen molar-refractivity contribution in [3.05, 3.63) is 22.4 Å². The molecule has 2 unspecified atom stereocenters. The first-order valence-electron chi connectivity index (χ1n) is 7.90. The first-order valence-corrected chi connectivity index (χ1v) is 8.78. The standard InChI is InChI=1S/C16H26N2S/c1-2-6-15(16-8-5-12-19-16)18-11-10-17-9-4-3-7-14(17)13-18/h5,8,12,14-15H,2-4,6-7,9-11,13H2,1H3. The van der Waals surface area contributed by atoms with Crippen molar-refractivity contribution >= 4 is 11.3 Å². The molecule has 0 bridgehead atoms. The van der Waals surface area contributed by atoms with Crippen molar-refractivity contribution in [1.29, 1.82) is 0 Å². The molecule has 0 spiro atoms. The Bertz CT molecular complexity index is 376. The molecule has 19 heavy (non-hydrogen) atoms. The minimum Gasteiger partial charge on any atom is -0.298 e. The van der Waals surface area contributed by atoms with E-state index < -0.39 is 0 Å². The molecular weight excluding hydrogens is 252 g/mol. The van der Waals surface area contributed by atoms with Gasteiger partial charge in [0.1, 0.15) is 0 Å². The van der Waals surface area contributed by atoms with Crippen LogP contribution in [-0.4, -0.2) is 42.0 Å². The van der Waals surface area contributed by atoms with E-state index in [1.807, 2.05) is 11.3 Å². The second kappa shape index (κ2) is 6.38. The summed E-state index contributed by atoms with van der Waals surface area (Å²) in [7, 11) is 0. The SMILES string of the molecule is CCCC(c1cccs1)N1CCN2CCCCC2C1. The van der Waals surface area contributed by atoms with Gasteiger partial charge in [-0.15, -0.1) is 11.3 Å². The van der Waals surface area contributed by atoms with Crippen LogP contribution < -0.4 is 0 Å². The monoisotopic (exact) mass is 278 g/mol.